The summed E-state index contributed by atoms with van der Waals surface area (Å²) in [6, 6.07) is 5.59. The van der Waals surface area contributed by atoms with E-state index < -0.39 is 5.97 Å². The van der Waals surface area contributed by atoms with E-state index in [1.54, 1.807) is 6.20 Å². The number of para-hydroxylation sites is 1. The van der Waals surface area contributed by atoms with Gasteiger partial charge in [0.15, 0.2) is 6.29 Å². The Balaban J connectivity index is 2.51. The first-order chi connectivity index (χ1) is 8.13. The zero-order valence-electron chi connectivity index (χ0n) is 9.43. The second-order valence-electron chi connectivity index (χ2n) is 4.13. The van der Waals surface area contributed by atoms with E-state index in [9.17, 15) is 9.59 Å². The number of aldehydes is 1. The summed E-state index contributed by atoms with van der Waals surface area (Å²) in [5, 5.41) is 9.64. The molecule has 1 aromatic heterocycles. The van der Waals surface area contributed by atoms with E-state index in [2.05, 4.69) is 4.98 Å². The van der Waals surface area contributed by atoms with Gasteiger partial charge in [0.05, 0.1) is 6.42 Å². The minimum absolute atomic E-state index is 0.0779. The standard InChI is InChI=1S/C13H13NO3/c1-8(5-12(16)17)10-3-2-4-11-9(7-15)6-14-13(10)11/h2-4,6-8,14H,5H2,1H3,(H,16,17). The first kappa shape index (κ1) is 11.4. The van der Waals surface area contributed by atoms with Gasteiger partial charge < -0.3 is 10.1 Å². The number of nitrogens with one attached hydrogen (secondary N) is 1. The maximum atomic E-state index is 10.8. The van der Waals surface area contributed by atoms with Crippen molar-refractivity contribution in [3.63, 3.8) is 0 Å². The van der Waals surface area contributed by atoms with Gasteiger partial charge in [-0.05, 0) is 11.5 Å². The number of benzene rings is 1. The molecule has 0 bridgehead atoms. The summed E-state index contributed by atoms with van der Waals surface area (Å²) in [5.74, 6) is -0.911. The number of rotatable bonds is 4. The lowest BCUT2D eigenvalue weighted by molar-refractivity contribution is -0.137. The smallest absolute Gasteiger partial charge is 0.303 e. The van der Waals surface area contributed by atoms with Crippen LogP contribution in [0.3, 0.4) is 0 Å². The van der Waals surface area contributed by atoms with Gasteiger partial charge in [-0.25, -0.2) is 0 Å². The van der Waals surface area contributed by atoms with Crippen molar-refractivity contribution in [3.05, 3.63) is 35.5 Å². The van der Waals surface area contributed by atoms with Crippen molar-refractivity contribution in [1.82, 2.24) is 4.98 Å². The van der Waals surface area contributed by atoms with Gasteiger partial charge >= 0.3 is 5.97 Å². The third kappa shape index (κ3) is 2.06. The van der Waals surface area contributed by atoms with Crippen LogP contribution in [0.5, 0.6) is 0 Å². The van der Waals surface area contributed by atoms with Gasteiger partial charge in [-0.15, -0.1) is 0 Å². The molecule has 2 rings (SSSR count). The summed E-state index contributed by atoms with van der Waals surface area (Å²) in [6.07, 6.45) is 2.52. The van der Waals surface area contributed by atoms with Gasteiger partial charge in [-0.1, -0.05) is 25.1 Å². The Bertz CT molecular complexity index is 571. The van der Waals surface area contributed by atoms with Crippen LogP contribution in [-0.4, -0.2) is 22.3 Å². The summed E-state index contributed by atoms with van der Waals surface area (Å²) in [4.78, 5) is 24.6. The van der Waals surface area contributed by atoms with E-state index in [1.807, 2.05) is 25.1 Å². The molecule has 0 saturated carbocycles. The molecule has 0 aliphatic heterocycles. The van der Waals surface area contributed by atoms with E-state index in [0.717, 1.165) is 22.8 Å². The molecule has 2 aromatic rings. The fourth-order valence-corrected chi connectivity index (χ4v) is 2.08. The number of hydrogen-bond donors (Lipinski definition) is 2. The predicted molar refractivity (Wildman–Crippen MR) is 64.4 cm³/mol. The molecule has 4 heteroatoms. The number of hydrogen-bond acceptors (Lipinski definition) is 2. The molecule has 0 saturated heterocycles. The second-order valence-corrected chi connectivity index (χ2v) is 4.13. The molecule has 0 spiro atoms. The van der Waals surface area contributed by atoms with Crippen LogP contribution in [0.4, 0.5) is 0 Å². The van der Waals surface area contributed by atoms with E-state index in [1.165, 1.54) is 0 Å². The van der Waals surface area contributed by atoms with Crippen LogP contribution in [0.2, 0.25) is 0 Å². The third-order valence-electron chi connectivity index (χ3n) is 2.92. The molecule has 17 heavy (non-hydrogen) atoms. The number of aromatic nitrogens is 1. The highest BCUT2D eigenvalue weighted by molar-refractivity contribution is 5.98. The minimum Gasteiger partial charge on any atom is -0.481 e. The Hall–Kier alpha value is -2.10. The summed E-state index contributed by atoms with van der Waals surface area (Å²) >= 11 is 0. The normalized spacial score (nSPS) is 12.5. The lowest BCUT2D eigenvalue weighted by atomic mass is 9.95. The molecule has 0 aliphatic rings. The zero-order chi connectivity index (χ0) is 12.4. The van der Waals surface area contributed by atoms with E-state index >= 15 is 0 Å². The highest BCUT2D eigenvalue weighted by Gasteiger charge is 2.14. The molecule has 0 radical (unpaired) electrons. The van der Waals surface area contributed by atoms with Gasteiger partial charge in [0.25, 0.3) is 0 Å². The number of carbonyl (C=O) groups excluding carboxylic acids is 1. The van der Waals surface area contributed by atoms with Gasteiger partial charge in [0, 0.05) is 22.7 Å². The molecule has 88 valence electrons. The number of carboxylic acid groups (broad SMARTS) is 1. The van der Waals surface area contributed by atoms with Gasteiger partial charge in [0.1, 0.15) is 0 Å². The number of H-pyrrole nitrogens is 1. The number of aromatic amines is 1. The monoisotopic (exact) mass is 231 g/mol. The summed E-state index contributed by atoms with van der Waals surface area (Å²) in [6.45, 7) is 1.87. The number of aliphatic carboxylic acids is 1. The van der Waals surface area contributed by atoms with E-state index in [-0.39, 0.29) is 12.3 Å². The zero-order valence-corrected chi connectivity index (χ0v) is 9.43. The van der Waals surface area contributed by atoms with Crippen molar-refractivity contribution in [2.75, 3.05) is 0 Å². The Kier molecular flexibility index (Phi) is 2.95. The molecule has 1 heterocycles. The molecule has 1 aromatic carbocycles. The van der Waals surface area contributed by atoms with Gasteiger partial charge in [0.2, 0.25) is 0 Å². The molecule has 2 N–H and O–H groups in total. The number of carbonyl (C=O) groups is 2. The van der Waals surface area contributed by atoms with Crippen LogP contribution < -0.4 is 0 Å². The van der Waals surface area contributed by atoms with E-state index in [4.69, 9.17) is 5.11 Å². The average Bonchev–Trinajstić information content (AvgIpc) is 2.70. The summed E-state index contributed by atoms with van der Waals surface area (Å²) < 4.78 is 0. The molecule has 0 aliphatic carbocycles. The molecule has 0 fully saturated rings. The quantitative estimate of drug-likeness (QED) is 0.794. The Morgan fingerprint density at radius 3 is 2.94 bits per heavy atom. The molecule has 0 amide bonds. The Morgan fingerprint density at radius 2 is 2.29 bits per heavy atom. The molecule has 4 nitrogen and oxygen atoms in total. The summed E-state index contributed by atoms with van der Waals surface area (Å²) in [7, 11) is 0. The Labute approximate surface area is 98.3 Å². The van der Waals surface area contributed by atoms with Crippen LogP contribution in [0.15, 0.2) is 24.4 Å². The highest BCUT2D eigenvalue weighted by Crippen LogP contribution is 2.28. The molecule has 1 unspecified atom stereocenters. The van der Waals surface area contributed by atoms with Crippen molar-refractivity contribution in [1.29, 1.82) is 0 Å². The first-order valence-corrected chi connectivity index (χ1v) is 5.40. The van der Waals surface area contributed by atoms with Gasteiger partial charge in [-0.3, -0.25) is 9.59 Å². The van der Waals surface area contributed by atoms with Crippen molar-refractivity contribution in [2.45, 2.75) is 19.3 Å². The van der Waals surface area contributed by atoms with Crippen LogP contribution >= 0.6 is 0 Å². The predicted octanol–water partition coefficient (Wildman–Crippen LogP) is 2.56. The molecule has 1 atom stereocenters. The minimum atomic E-state index is -0.823. The molecular weight excluding hydrogens is 218 g/mol. The number of carboxylic acids is 1. The molecular formula is C13H13NO3. The van der Waals surface area contributed by atoms with Crippen LogP contribution in [-0.2, 0) is 4.79 Å². The van der Waals surface area contributed by atoms with Crippen molar-refractivity contribution in [3.8, 4) is 0 Å². The highest BCUT2D eigenvalue weighted by atomic mass is 16.4. The third-order valence-corrected chi connectivity index (χ3v) is 2.92. The average molecular weight is 231 g/mol. The maximum Gasteiger partial charge on any atom is 0.303 e. The maximum absolute atomic E-state index is 10.8. The van der Waals surface area contributed by atoms with Crippen molar-refractivity contribution in [2.24, 2.45) is 0 Å². The summed E-state index contributed by atoms with van der Waals surface area (Å²) in [5.41, 5.74) is 2.38. The SMILES string of the molecule is CC(CC(=O)O)c1cccc2c(C=O)c[nH]c12. The van der Waals surface area contributed by atoms with Crippen LogP contribution in [0.1, 0.15) is 35.2 Å². The van der Waals surface area contributed by atoms with Crippen molar-refractivity contribution < 1.29 is 14.7 Å². The first-order valence-electron chi connectivity index (χ1n) is 5.40. The van der Waals surface area contributed by atoms with Crippen LogP contribution in [0.25, 0.3) is 10.9 Å². The van der Waals surface area contributed by atoms with Gasteiger partial charge in [-0.2, -0.15) is 0 Å². The largest absolute Gasteiger partial charge is 0.481 e. The second kappa shape index (κ2) is 4.41. The fourth-order valence-electron chi connectivity index (χ4n) is 2.08. The lowest BCUT2D eigenvalue weighted by Gasteiger charge is -2.10. The van der Waals surface area contributed by atoms with Crippen LogP contribution in [0, 0.1) is 0 Å². The topological polar surface area (TPSA) is 70.2 Å². The Morgan fingerprint density at radius 1 is 1.53 bits per heavy atom. The number of fused-ring (bicyclic) bond motifs is 1. The lowest BCUT2D eigenvalue weighted by Crippen LogP contribution is -2.03. The van der Waals surface area contributed by atoms with E-state index in [0.29, 0.717) is 5.56 Å². The fraction of sp³-hybridized carbons (Fsp3) is 0.231. The van der Waals surface area contributed by atoms with Crippen molar-refractivity contribution >= 4 is 23.2 Å².